The van der Waals surface area contributed by atoms with Crippen LogP contribution in [0.1, 0.15) is 40.5 Å². The number of amides is 1. The minimum atomic E-state index is -3.90. The summed E-state index contributed by atoms with van der Waals surface area (Å²) in [6, 6.07) is 9.38. The molecule has 4 aromatic rings. The van der Waals surface area contributed by atoms with Gasteiger partial charge in [0.15, 0.2) is 21.5 Å². The fourth-order valence-corrected chi connectivity index (χ4v) is 4.80. The van der Waals surface area contributed by atoms with Crippen LogP contribution in [0.25, 0.3) is 10.9 Å². The van der Waals surface area contributed by atoms with Gasteiger partial charge in [-0.2, -0.15) is 0 Å². The van der Waals surface area contributed by atoms with Gasteiger partial charge in [-0.05, 0) is 48.7 Å². The molecule has 2 aromatic carbocycles. The van der Waals surface area contributed by atoms with Crippen molar-refractivity contribution in [2.75, 3.05) is 16.9 Å². The number of rotatable bonds is 6. The number of sulfone groups is 1. The van der Waals surface area contributed by atoms with Crippen molar-refractivity contribution in [1.29, 1.82) is 0 Å². The van der Waals surface area contributed by atoms with Crippen molar-refractivity contribution in [3.05, 3.63) is 83.4 Å². The molecule has 0 spiro atoms. The minimum Gasteiger partial charge on any atom is -0.381 e. The van der Waals surface area contributed by atoms with Gasteiger partial charge in [0.25, 0.3) is 5.91 Å². The lowest BCUT2D eigenvalue weighted by Crippen LogP contribution is -2.32. The summed E-state index contributed by atoms with van der Waals surface area (Å²) >= 11 is 0. The number of anilines is 2. The molecule has 1 saturated carbocycles. The number of carbonyl (C=O) groups excluding carboxylic acids is 1. The highest BCUT2D eigenvalue weighted by molar-refractivity contribution is 7.90. The molecule has 11 heteroatoms. The van der Waals surface area contributed by atoms with Gasteiger partial charge in [0, 0.05) is 30.0 Å². The van der Waals surface area contributed by atoms with Crippen LogP contribution in [0, 0.1) is 11.6 Å². The second-order valence-electron chi connectivity index (χ2n) is 8.76. The summed E-state index contributed by atoms with van der Waals surface area (Å²) in [4.78, 5) is 27.2. The van der Waals surface area contributed by atoms with Crippen molar-refractivity contribution in [2.45, 2.75) is 30.2 Å². The first-order valence-electron chi connectivity index (χ1n) is 11.1. The number of carbonyl (C=O) groups is 1. The number of nitrogens with zero attached hydrogens (tertiary/aromatic N) is 4. The molecule has 0 saturated heterocycles. The molecule has 1 aliphatic rings. The number of hydrogen-bond acceptors (Lipinski definition) is 7. The normalized spacial score (nSPS) is 13.6. The predicted octanol–water partition coefficient (Wildman–Crippen LogP) is 4.01. The maximum absolute atomic E-state index is 14.0. The van der Waals surface area contributed by atoms with E-state index in [-0.39, 0.29) is 28.5 Å². The SMILES string of the molecule is CS(=O)(=O)c1cc(F)ccc1N(Cc1ccc2cc(F)c(N)nc2c1)C(=O)c1cnc(C2CC2)nc1. The summed E-state index contributed by atoms with van der Waals surface area (Å²) in [5.41, 5.74) is 6.72. The molecule has 5 rings (SSSR count). The Morgan fingerprint density at radius 1 is 1.08 bits per heavy atom. The quantitative estimate of drug-likeness (QED) is 0.417. The lowest BCUT2D eigenvalue weighted by molar-refractivity contribution is 0.0984. The van der Waals surface area contributed by atoms with Gasteiger partial charge in [0.05, 0.1) is 28.2 Å². The lowest BCUT2D eigenvalue weighted by atomic mass is 10.1. The third kappa shape index (κ3) is 4.74. The van der Waals surface area contributed by atoms with Gasteiger partial charge in [-0.1, -0.05) is 12.1 Å². The standard InChI is InChI=1S/C25H21F2N5O3S/c1-36(34,35)22-10-18(26)6-7-21(22)32(25(33)17-11-29-24(30-12-17)15-4-5-15)13-14-2-3-16-9-19(27)23(28)31-20(16)8-14/h2-3,6-12,15H,4-5,13H2,1H3,(H2,28,31). The maximum atomic E-state index is 14.0. The van der Waals surface area contributed by atoms with Gasteiger partial charge in [0.2, 0.25) is 0 Å². The number of pyridine rings is 1. The maximum Gasteiger partial charge on any atom is 0.261 e. The molecule has 184 valence electrons. The number of hydrogen-bond donors (Lipinski definition) is 1. The smallest absolute Gasteiger partial charge is 0.261 e. The van der Waals surface area contributed by atoms with Crippen LogP contribution in [0.4, 0.5) is 20.3 Å². The van der Waals surface area contributed by atoms with E-state index in [9.17, 15) is 22.0 Å². The fraction of sp³-hybridized carbons (Fsp3) is 0.200. The van der Waals surface area contributed by atoms with E-state index >= 15 is 0 Å². The molecule has 36 heavy (non-hydrogen) atoms. The van der Waals surface area contributed by atoms with Crippen LogP contribution in [0.15, 0.2) is 59.8 Å². The molecule has 8 nitrogen and oxygen atoms in total. The third-order valence-electron chi connectivity index (χ3n) is 5.92. The molecule has 0 unspecified atom stereocenters. The summed E-state index contributed by atoms with van der Waals surface area (Å²) in [7, 11) is -3.90. The fourth-order valence-electron chi connectivity index (χ4n) is 3.91. The highest BCUT2D eigenvalue weighted by Crippen LogP contribution is 2.37. The summed E-state index contributed by atoms with van der Waals surface area (Å²) in [6.45, 7) is -0.0910. The Bertz CT molecular complexity index is 1610. The lowest BCUT2D eigenvalue weighted by Gasteiger charge is -2.25. The summed E-state index contributed by atoms with van der Waals surface area (Å²) in [5.74, 6) is -1.29. The molecule has 0 atom stereocenters. The van der Waals surface area contributed by atoms with E-state index in [1.165, 1.54) is 29.4 Å². The van der Waals surface area contributed by atoms with E-state index in [1.54, 1.807) is 18.2 Å². The van der Waals surface area contributed by atoms with Crippen molar-refractivity contribution >= 4 is 38.2 Å². The van der Waals surface area contributed by atoms with Gasteiger partial charge in [0.1, 0.15) is 11.6 Å². The van der Waals surface area contributed by atoms with Gasteiger partial charge < -0.3 is 10.6 Å². The molecule has 0 radical (unpaired) electrons. The van der Waals surface area contributed by atoms with E-state index < -0.39 is 27.4 Å². The van der Waals surface area contributed by atoms with Crippen molar-refractivity contribution in [2.24, 2.45) is 0 Å². The van der Waals surface area contributed by atoms with Crippen LogP contribution in [0.2, 0.25) is 0 Å². The Labute approximate surface area is 205 Å². The number of aromatic nitrogens is 3. The molecule has 0 aliphatic heterocycles. The van der Waals surface area contributed by atoms with Gasteiger partial charge in [-0.3, -0.25) is 4.79 Å². The van der Waals surface area contributed by atoms with Crippen LogP contribution in [0.3, 0.4) is 0 Å². The highest BCUT2D eigenvalue weighted by Gasteiger charge is 2.28. The van der Waals surface area contributed by atoms with Crippen LogP contribution >= 0.6 is 0 Å². The van der Waals surface area contributed by atoms with Crippen molar-refractivity contribution in [3.63, 3.8) is 0 Å². The van der Waals surface area contributed by atoms with E-state index in [4.69, 9.17) is 5.73 Å². The Kier molecular flexibility index (Phi) is 5.87. The molecule has 0 bridgehead atoms. The zero-order valence-electron chi connectivity index (χ0n) is 19.1. The molecule has 2 aromatic heterocycles. The Balaban J connectivity index is 1.60. The second kappa shape index (κ2) is 8.90. The van der Waals surface area contributed by atoms with E-state index in [2.05, 4.69) is 15.0 Å². The van der Waals surface area contributed by atoms with Crippen LogP contribution in [-0.2, 0) is 16.4 Å². The van der Waals surface area contributed by atoms with Crippen LogP contribution in [-0.4, -0.2) is 35.5 Å². The predicted molar refractivity (Wildman–Crippen MR) is 130 cm³/mol. The number of halogens is 2. The van der Waals surface area contributed by atoms with Gasteiger partial charge >= 0.3 is 0 Å². The average molecular weight is 510 g/mol. The monoisotopic (exact) mass is 509 g/mol. The van der Waals surface area contributed by atoms with E-state index in [0.29, 0.717) is 28.2 Å². The van der Waals surface area contributed by atoms with Crippen LogP contribution < -0.4 is 10.6 Å². The number of nitrogens with two attached hydrogens (primary N) is 1. The number of nitrogen functional groups attached to an aromatic ring is 1. The zero-order valence-corrected chi connectivity index (χ0v) is 20.0. The molecular formula is C25H21F2N5O3S. The summed E-state index contributed by atoms with van der Waals surface area (Å²) < 4.78 is 52.8. The van der Waals surface area contributed by atoms with E-state index in [0.717, 1.165) is 31.2 Å². The highest BCUT2D eigenvalue weighted by atomic mass is 32.2. The Morgan fingerprint density at radius 2 is 1.81 bits per heavy atom. The summed E-state index contributed by atoms with van der Waals surface area (Å²) in [5, 5.41) is 0.506. The average Bonchev–Trinajstić information content (AvgIpc) is 3.68. The molecule has 2 heterocycles. The molecular weight excluding hydrogens is 488 g/mol. The van der Waals surface area contributed by atoms with Gasteiger partial charge in [-0.25, -0.2) is 32.2 Å². The van der Waals surface area contributed by atoms with E-state index in [1.807, 2.05) is 0 Å². The third-order valence-corrected chi connectivity index (χ3v) is 7.05. The number of fused-ring (bicyclic) bond motifs is 1. The molecule has 1 aliphatic carbocycles. The first-order valence-corrected chi connectivity index (χ1v) is 13.0. The first kappa shape index (κ1) is 23.7. The number of benzene rings is 2. The van der Waals surface area contributed by atoms with Crippen LogP contribution in [0.5, 0.6) is 0 Å². The van der Waals surface area contributed by atoms with Crippen molar-refractivity contribution in [1.82, 2.24) is 15.0 Å². The van der Waals surface area contributed by atoms with Crippen molar-refractivity contribution < 1.29 is 22.0 Å². The molecule has 2 N–H and O–H groups in total. The Morgan fingerprint density at radius 3 is 2.47 bits per heavy atom. The second-order valence-corrected chi connectivity index (χ2v) is 10.7. The minimum absolute atomic E-state index is 0.00171. The topological polar surface area (TPSA) is 119 Å². The largest absolute Gasteiger partial charge is 0.381 e. The molecule has 1 amide bonds. The van der Waals surface area contributed by atoms with Gasteiger partial charge in [-0.15, -0.1) is 0 Å². The first-order chi connectivity index (χ1) is 17.1. The summed E-state index contributed by atoms with van der Waals surface area (Å²) in [6.07, 6.45) is 5.75. The van der Waals surface area contributed by atoms with Crippen molar-refractivity contribution in [3.8, 4) is 0 Å². The molecule has 1 fully saturated rings. The Hall–Kier alpha value is -3.99. The zero-order chi connectivity index (χ0) is 25.6.